The summed E-state index contributed by atoms with van der Waals surface area (Å²) in [4.78, 5) is 46.9. The van der Waals surface area contributed by atoms with E-state index in [9.17, 15) is 38.1 Å². The zero-order chi connectivity index (χ0) is 30.9. The van der Waals surface area contributed by atoms with Crippen molar-refractivity contribution in [2.24, 2.45) is 0 Å². The van der Waals surface area contributed by atoms with Gasteiger partial charge in [0.25, 0.3) is 11.8 Å². The molecule has 2 aliphatic rings. The molecule has 43 heavy (non-hydrogen) atoms. The minimum absolute atomic E-state index is 0.0234. The number of nitrogens with one attached hydrogen (secondary N) is 1. The number of pyridine rings is 1. The van der Waals surface area contributed by atoms with Crippen LogP contribution in [0.4, 0.5) is 29.5 Å². The van der Waals surface area contributed by atoms with E-state index in [0.717, 1.165) is 28.0 Å². The van der Waals surface area contributed by atoms with Gasteiger partial charge < -0.3 is 10.1 Å². The van der Waals surface area contributed by atoms with E-state index in [2.05, 4.69) is 10.3 Å². The minimum atomic E-state index is -2.97. The lowest BCUT2D eigenvalue weighted by atomic mass is 9.87. The largest absolute Gasteiger partial charge is 0.446 e. The molecule has 3 amide bonds. The molecule has 14 heteroatoms. The summed E-state index contributed by atoms with van der Waals surface area (Å²) in [5, 5.41) is 21.4. The molecule has 0 bridgehead atoms. The highest BCUT2D eigenvalue weighted by Gasteiger charge is 2.49. The molecule has 1 saturated heterocycles. The molecule has 10 nitrogen and oxygen atoms in total. The van der Waals surface area contributed by atoms with Crippen LogP contribution >= 0.6 is 11.6 Å². The SMILES string of the molecule is N#Cc1cc(F)cc(N(C(=O)[C@@H]2COC(=O)N2c2cc(C#N)ccn2)[C@H](C(=O)NC2CC(F)(F)C2)c2ccccc2Cl)c1. The van der Waals surface area contributed by atoms with Crippen LogP contribution in [0.1, 0.15) is 35.6 Å². The number of anilines is 2. The Bertz CT molecular complexity index is 1700. The number of carbonyl (C=O) groups is 3. The topological polar surface area (TPSA) is 139 Å². The Kier molecular flexibility index (Phi) is 7.93. The summed E-state index contributed by atoms with van der Waals surface area (Å²) in [5.41, 5.74) is -0.255. The lowest BCUT2D eigenvalue weighted by molar-refractivity contribution is -0.133. The quantitative estimate of drug-likeness (QED) is 0.412. The number of amides is 3. The number of halogens is 4. The molecule has 2 fully saturated rings. The van der Waals surface area contributed by atoms with Crippen molar-refractivity contribution in [3.05, 3.63) is 88.3 Å². The molecular formula is C29H20ClF3N6O4. The number of aromatic nitrogens is 1. The van der Waals surface area contributed by atoms with E-state index in [1.54, 1.807) is 12.1 Å². The first-order valence-corrected chi connectivity index (χ1v) is 13.2. The summed E-state index contributed by atoms with van der Waals surface area (Å²) < 4.78 is 47.2. The van der Waals surface area contributed by atoms with Gasteiger partial charge in [-0.1, -0.05) is 29.8 Å². The molecule has 0 spiro atoms. The summed E-state index contributed by atoms with van der Waals surface area (Å²) in [6.07, 6.45) is -0.979. The monoisotopic (exact) mass is 608 g/mol. The van der Waals surface area contributed by atoms with Gasteiger partial charge in [0, 0.05) is 41.4 Å². The van der Waals surface area contributed by atoms with Crippen molar-refractivity contribution in [1.29, 1.82) is 10.5 Å². The number of rotatable bonds is 7. The van der Waals surface area contributed by atoms with Crippen molar-refractivity contribution in [2.45, 2.75) is 36.9 Å². The highest BCUT2D eigenvalue weighted by molar-refractivity contribution is 6.31. The van der Waals surface area contributed by atoms with Crippen molar-refractivity contribution in [1.82, 2.24) is 10.3 Å². The van der Waals surface area contributed by atoms with Gasteiger partial charge in [-0.2, -0.15) is 10.5 Å². The molecule has 1 aliphatic carbocycles. The summed E-state index contributed by atoms with van der Waals surface area (Å²) in [5.74, 6) is -5.87. The van der Waals surface area contributed by atoms with E-state index >= 15 is 0 Å². The third kappa shape index (κ3) is 5.94. The summed E-state index contributed by atoms with van der Waals surface area (Å²) in [6.45, 7) is -0.515. The zero-order valence-electron chi connectivity index (χ0n) is 22.0. The average Bonchev–Trinajstić information content (AvgIpc) is 3.35. The van der Waals surface area contributed by atoms with Crippen molar-refractivity contribution in [2.75, 3.05) is 16.4 Å². The number of hydrogen-bond donors (Lipinski definition) is 1. The lowest BCUT2D eigenvalue weighted by Crippen LogP contribution is -2.56. The Morgan fingerprint density at radius 3 is 2.51 bits per heavy atom. The predicted octanol–water partition coefficient (Wildman–Crippen LogP) is 4.63. The number of carbonyl (C=O) groups excluding carboxylic acids is 3. The van der Waals surface area contributed by atoms with Gasteiger partial charge >= 0.3 is 6.09 Å². The van der Waals surface area contributed by atoms with Gasteiger partial charge in [-0.15, -0.1) is 0 Å². The normalized spacial score (nSPS) is 18.0. The van der Waals surface area contributed by atoms with Crippen LogP contribution in [0.2, 0.25) is 5.02 Å². The molecule has 1 N–H and O–H groups in total. The molecule has 1 aromatic heterocycles. The first-order chi connectivity index (χ1) is 20.5. The molecular weight excluding hydrogens is 589 g/mol. The predicted molar refractivity (Wildman–Crippen MR) is 145 cm³/mol. The fraction of sp³-hybridized carbons (Fsp3) is 0.241. The fourth-order valence-electron chi connectivity index (χ4n) is 4.96. The number of alkyl halides is 2. The summed E-state index contributed by atoms with van der Waals surface area (Å²) in [6, 6.07) is 11.2. The van der Waals surface area contributed by atoms with E-state index in [-0.39, 0.29) is 33.2 Å². The van der Waals surface area contributed by atoms with E-state index in [1.807, 2.05) is 6.07 Å². The molecule has 1 saturated carbocycles. The Balaban J connectivity index is 1.65. The molecule has 2 aromatic carbocycles. The van der Waals surface area contributed by atoms with Crippen molar-refractivity contribution in [3.8, 4) is 12.1 Å². The molecule has 1 aliphatic heterocycles. The summed E-state index contributed by atoms with van der Waals surface area (Å²) in [7, 11) is 0. The second kappa shape index (κ2) is 11.6. The van der Waals surface area contributed by atoms with Crippen molar-refractivity contribution < 1.29 is 32.3 Å². The first-order valence-electron chi connectivity index (χ1n) is 12.8. The van der Waals surface area contributed by atoms with E-state index in [0.29, 0.717) is 0 Å². The second-order valence-electron chi connectivity index (χ2n) is 9.89. The third-order valence-corrected chi connectivity index (χ3v) is 7.29. The van der Waals surface area contributed by atoms with Crippen LogP contribution in [-0.2, 0) is 14.3 Å². The van der Waals surface area contributed by atoms with Crippen molar-refractivity contribution in [3.63, 3.8) is 0 Å². The van der Waals surface area contributed by atoms with Crippen molar-refractivity contribution >= 4 is 41.0 Å². The van der Waals surface area contributed by atoms with Gasteiger partial charge in [-0.3, -0.25) is 14.5 Å². The lowest BCUT2D eigenvalue weighted by Gasteiger charge is -2.39. The van der Waals surface area contributed by atoms with E-state index in [4.69, 9.17) is 16.3 Å². The maximum Gasteiger partial charge on any atom is 0.416 e. The van der Waals surface area contributed by atoms with Crippen LogP contribution in [0.15, 0.2) is 60.8 Å². The van der Waals surface area contributed by atoms with Crippen LogP contribution in [0.3, 0.4) is 0 Å². The number of cyclic esters (lactones) is 1. The Morgan fingerprint density at radius 2 is 1.84 bits per heavy atom. The molecule has 2 heterocycles. The summed E-state index contributed by atoms with van der Waals surface area (Å²) >= 11 is 6.47. The molecule has 0 unspecified atom stereocenters. The second-order valence-corrected chi connectivity index (χ2v) is 10.3. The molecule has 0 radical (unpaired) electrons. The molecule has 2 atom stereocenters. The number of hydrogen-bond acceptors (Lipinski definition) is 7. The number of ether oxygens (including phenoxy) is 1. The Morgan fingerprint density at radius 1 is 1.12 bits per heavy atom. The zero-order valence-corrected chi connectivity index (χ0v) is 22.8. The Labute approximate surface area is 247 Å². The third-order valence-electron chi connectivity index (χ3n) is 6.95. The van der Waals surface area contributed by atoms with Gasteiger partial charge in [0.05, 0.1) is 23.3 Å². The van der Waals surface area contributed by atoms with Crippen LogP contribution in [0.5, 0.6) is 0 Å². The van der Waals surface area contributed by atoms with E-state index < -0.39 is 67.2 Å². The van der Waals surface area contributed by atoms with Gasteiger partial charge in [0.15, 0.2) is 6.04 Å². The maximum atomic E-state index is 14.8. The standard InChI is InChI=1S/C29H20ClF3N6O4/c30-22-4-2-1-3-21(22)25(26(40)37-19-11-29(32,33)12-19)38(20-8-17(14-35)7-18(31)10-20)27(41)23-15-43-28(42)39(23)24-9-16(13-34)5-6-36-24/h1-10,19,23,25H,11-12,15H2,(H,37,40)/t23-,25-/m0/s1. The maximum absolute atomic E-state index is 14.8. The van der Waals surface area contributed by atoms with Crippen LogP contribution in [0.25, 0.3) is 0 Å². The van der Waals surface area contributed by atoms with Crippen LogP contribution in [0, 0.1) is 28.5 Å². The number of nitrogens with zero attached hydrogens (tertiary/aromatic N) is 5. The van der Waals surface area contributed by atoms with Crippen LogP contribution in [-0.4, -0.2) is 47.5 Å². The fourth-order valence-corrected chi connectivity index (χ4v) is 5.19. The number of nitriles is 2. The Hall–Kier alpha value is -5.14. The molecule has 218 valence electrons. The molecule has 3 aromatic rings. The van der Waals surface area contributed by atoms with E-state index in [1.165, 1.54) is 36.5 Å². The highest BCUT2D eigenvalue weighted by atomic mass is 35.5. The van der Waals surface area contributed by atoms with Gasteiger partial charge in [-0.05, 0) is 36.4 Å². The number of benzene rings is 2. The smallest absolute Gasteiger partial charge is 0.416 e. The first kappa shape index (κ1) is 29.4. The van der Waals surface area contributed by atoms with Gasteiger partial charge in [0.2, 0.25) is 5.91 Å². The average molecular weight is 609 g/mol. The minimum Gasteiger partial charge on any atom is -0.446 e. The highest BCUT2D eigenvalue weighted by Crippen LogP contribution is 2.39. The molecule has 5 rings (SSSR count). The van der Waals surface area contributed by atoms with Gasteiger partial charge in [-0.25, -0.2) is 27.8 Å². The van der Waals surface area contributed by atoms with Gasteiger partial charge in [0.1, 0.15) is 24.3 Å². The van der Waals surface area contributed by atoms with Crippen LogP contribution < -0.4 is 15.1 Å².